The molecule has 0 aromatic carbocycles. The summed E-state index contributed by atoms with van der Waals surface area (Å²) in [5.74, 6) is 0.282. The molecule has 2 fully saturated rings. The zero-order valence-electron chi connectivity index (χ0n) is 13.6. The highest BCUT2D eigenvalue weighted by molar-refractivity contribution is 5.82. The third-order valence-electron chi connectivity index (χ3n) is 4.72. The zero-order chi connectivity index (χ0) is 15.1. The van der Waals surface area contributed by atoms with Gasteiger partial charge in [-0.2, -0.15) is 0 Å². The normalized spacial score (nSPS) is 26.5. The molecule has 0 spiro atoms. The number of hydrogen-bond acceptors (Lipinski definition) is 4. The Morgan fingerprint density at radius 2 is 2.10 bits per heavy atom. The van der Waals surface area contributed by atoms with Gasteiger partial charge >= 0.3 is 0 Å². The van der Waals surface area contributed by atoms with Crippen molar-refractivity contribution in [3.8, 4) is 0 Å². The Balaban J connectivity index is 1.67. The van der Waals surface area contributed by atoms with Crippen LogP contribution >= 0.6 is 0 Å². The van der Waals surface area contributed by atoms with E-state index in [1.807, 2.05) is 4.90 Å². The number of likely N-dealkylation sites (N-methyl/N-ethyl adjacent to an activating group) is 1. The number of carbonyl (C=O) groups is 1. The minimum atomic E-state index is 0.0492. The highest BCUT2D eigenvalue weighted by Gasteiger charge is 2.31. The number of piperidine rings is 1. The first-order chi connectivity index (χ1) is 10.2. The van der Waals surface area contributed by atoms with Crippen molar-refractivity contribution in [1.29, 1.82) is 0 Å². The Kier molecular flexibility index (Phi) is 6.93. The Bertz CT molecular complexity index is 315. The second-order valence-electron chi connectivity index (χ2n) is 6.10. The fraction of sp³-hybridized carbons (Fsp3) is 0.938. The number of nitrogens with one attached hydrogen (secondary N) is 1. The Morgan fingerprint density at radius 3 is 2.76 bits per heavy atom. The van der Waals surface area contributed by atoms with Crippen LogP contribution < -0.4 is 5.32 Å². The van der Waals surface area contributed by atoms with E-state index < -0.39 is 0 Å². The summed E-state index contributed by atoms with van der Waals surface area (Å²) in [6.07, 6.45) is 4.56. The van der Waals surface area contributed by atoms with Crippen molar-refractivity contribution in [2.24, 2.45) is 0 Å². The van der Waals surface area contributed by atoms with Crippen LogP contribution in [0.3, 0.4) is 0 Å². The highest BCUT2D eigenvalue weighted by Crippen LogP contribution is 2.17. The molecule has 2 heterocycles. The zero-order valence-corrected chi connectivity index (χ0v) is 13.6. The molecule has 2 aliphatic heterocycles. The molecule has 0 aromatic rings. The van der Waals surface area contributed by atoms with Crippen LogP contribution in [-0.4, -0.2) is 73.7 Å². The van der Waals surface area contributed by atoms with E-state index in [1.165, 1.54) is 12.8 Å². The predicted molar refractivity (Wildman–Crippen MR) is 84.4 cm³/mol. The lowest BCUT2D eigenvalue weighted by molar-refractivity contribution is -0.133. The Morgan fingerprint density at radius 1 is 1.29 bits per heavy atom. The maximum Gasteiger partial charge on any atom is 0.239 e. The lowest BCUT2D eigenvalue weighted by Gasteiger charge is -2.27. The maximum atomic E-state index is 12.4. The van der Waals surface area contributed by atoms with Crippen molar-refractivity contribution in [2.75, 3.05) is 45.9 Å². The van der Waals surface area contributed by atoms with Crippen molar-refractivity contribution in [2.45, 2.75) is 51.7 Å². The van der Waals surface area contributed by atoms with Gasteiger partial charge in [-0.1, -0.05) is 20.3 Å². The summed E-state index contributed by atoms with van der Waals surface area (Å²) in [6, 6.07) is 0.0492. The van der Waals surface area contributed by atoms with Crippen molar-refractivity contribution in [3.63, 3.8) is 0 Å². The molecule has 2 aliphatic rings. The minimum Gasteiger partial charge on any atom is -0.375 e. The lowest BCUT2D eigenvalue weighted by Crippen LogP contribution is -2.48. The van der Waals surface area contributed by atoms with Crippen molar-refractivity contribution in [1.82, 2.24) is 15.1 Å². The van der Waals surface area contributed by atoms with Crippen LogP contribution in [0.1, 0.15) is 39.5 Å². The molecular formula is C16H31N3O2. The van der Waals surface area contributed by atoms with Gasteiger partial charge in [-0.15, -0.1) is 0 Å². The van der Waals surface area contributed by atoms with Gasteiger partial charge in [-0.05, 0) is 38.9 Å². The summed E-state index contributed by atoms with van der Waals surface area (Å²) in [6.45, 7) is 10.9. The summed E-state index contributed by atoms with van der Waals surface area (Å²) in [5, 5.41) is 3.35. The van der Waals surface area contributed by atoms with Crippen LogP contribution in [0.2, 0.25) is 0 Å². The molecule has 5 heteroatoms. The molecular weight excluding hydrogens is 266 g/mol. The SMILES string of the molecule is CCN(CC)CCOC1CCN(C(=O)[C@H]2CCCCN2)C1. The summed E-state index contributed by atoms with van der Waals surface area (Å²) < 4.78 is 5.95. The molecule has 0 aliphatic carbocycles. The van der Waals surface area contributed by atoms with E-state index in [0.717, 1.165) is 58.7 Å². The average Bonchev–Trinajstić information content (AvgIpc) is 3.00. The molecule has 1 unspecified atom stereocenters. The Labute approximate surface area is 129 Å². The number of carbonyl (C=O) groups excluding carboxylic acids is 1. The standard InChI is InChI=1S/C16H31N3O2/c1-3-18(4-2)11-12-21-14-8-10-19(13-14)16(20)15-7-5-6-9-17-15/h14-15,17H,3-13H2,1-2H3/t14?,15-/m1/s1. The molecule has 5 nitrogen and oxygen atoms in total. The Hall–Kier alpha value is -0.650. The molecule has 1 amide bonds. The van der Waals surface area contributed by atoms with Crippen LogP contribution in [0.15, 0.2) is 0 Å². The van der Waals surface area contributed by atoms with E-state index in [2.05, 4.69) is 24.1 Å². The van der Waals surface area contributed by atoms with E-state index in [-0.39, 0.29) is 18.1 Å². The van der Waals surface area contributed by atoms with Crippen LogP contribution in [-0.2, 0) is 9.53 Å². The van der Waals surface area contributed by atoms with Crippen LogP contribution in [0.5, 0.6) is 0 Å². The monoisotopic (exact) mass is 297 g/mol. The smallest absolute Gasteiger partial charge is 0.239 e. The van der Waals surface area contributed by atoms with Gasteiger partial charge in [0.15, 0.2) is 0 Å². The first-order valence-electron chi connectivity index (χ1n) is 8.60. The van der Waals surface area contributed by atoms with Gasteiger partial charge in [-0.3, -0.25) is 4.79 Å². The molecule has 0 bridgehead atoms. The molecule has 0 saturated carbocycles. The van der Waals surface area contributed by atoms with Crippen LogP contribution in [0, 0.1) is 0 Å². The first kappa shape index (κ1) is 16.7. The fourth-order valence-corrected chi connectivity index (χ4v) is 3.24. The second-order valence-corrected chi connectivity index (χ2v) is 6.10. The summed E-state index contributed by atoms with van der Waals surface area (Å²) >= 11 is 0. The molecule has 2 rings (SSSR count). The van der Waals surface area contributed by atoms with Gasteiger partial charge in [-0.25, -0.2) is 0 Å². The topological polar surface area (TPSA) is 44.8 Å². The van der Waals surface area contributed by atoms with Crippen LogP contribution in [0.4, 0.5) is 0 Å². The molecule has 2 atom stereocenters. The van der Waals surface area contributed by atoms with Gasteiger partial charge in [0.2, 0.25) is 5.91 Å². The summed E-state index contributed by atoms with van der Waals surface area (Å²) in [5.41, 5.74) is 0. The highest BCUT2D eigenvalue weighted by atomic mass is 16.5. The van der Waals surface area contributed by atoms with Crippen molar-refractivity contribution >= 4 is 5.91 Å². The van der Waals surface area contributed by atoms with Gasteiger partial charge < -0.3 is 19.9 Å². The molecule has 1 N–H and O–H groups in total. The van der Waals surface area contributed by atoms with E-state index in [9.17, 15) is 4.79 Å². The molecule has 2 saturated heterocycles. The largest absolute Gasteiger partial charge is 0.375 e. The van der Waals surface area contributed by atoms with E-state index in [4.69, 9.17) is 4.74 Å². The van der Waals surface area contributed by atoms with Gasteiger partial charge in [0.05, 0.1) is 18.8 Å². The number of amides is 1. The number of likely N-dealkylation sites (tertiary alicyclic amines) is 1. The fourth-order valence-electron chi connectivity index (χ4n) is 3.24. The third-order valence-corrected chi connectivity index (χ3v) is 4.72. The summed E-state index contributed by atoms with van der Waals surface area (Å²) in [4.78, 5) is 16.8. The molecule has 0 radical (unpaired) electrons. The molecule has 122 valence electrons. The van der Waals surface area contributed by atoms with Crippen LogP contribution in [0.25, 0.3) is 0 Å². The van der Waals surface area contributed by atoms with Crippen molar-refractivity contribution < 1.29 is 9.53 Å². The van der Waals surface area contributed by atoms with Gasteiger partial charge in [0.1, 0.15) is 0 Å². The lowest BCUT2D eigenvalue weighted by atomic mass is 10.0. The first-order valence-corrected chi connectivity index (χ1v) is 8.60. The third kappa shape index (κ3) is 4.94. The number of nitrogens with zero attached hydrogens (tertiary/aromatic N) is 2. The number of ether oxygens (including phenoxy) is 1. The molecule has 0 aromatic heterocycles. The predicted octanol–water partition coefficient (Wildman–Crippen LogP) is 1.09. The quantitative estimate of drug-likeness (QED) is 0.764. The second kappa shape index (κ2) is 8.71. The maximum absolute atomic E-state index is 12.4. The van der Waals surface area contributed by atoms with Gasteiger partial charge in [0, 0.05) is 19.6 Å². The van der Waals surface area contributed by atoms with Crippen molar-refractivity contribution in [3.05, 3.63) is 0 Å². The van der Waals surface area contributed by atoms with Gasteiger partial charge in [0.25, 0.3) is 0 Å². The minimum absolute atomic E-state index is 0.0492. The number of rotatable bonds is 7. The molecule has 21 heavy (non-hydrogen) atoms. The number of hydrogen-bond donors (Lipinski definition) is 1. The van der Waals surface area contributed by atoms with E-state index in [1.54, 1.807) is 0 Å². The van der Waals surface area contributed by atoms with E-state index in [0.29, 0.717) is 0 Å². The summed E-state index contributed by atoms with van der Waals surface area (Å²) in [7, 11) is 0. The average molecular weight is 297 g/mol. The van der Waals surface area contributed by atoms with E-state index >= 15 is 0 Å².